The van der Waals surface area contributed by atoms with E-state index in [2.05, 4.69) is 38.8 Å². The van der Waals surface area contributed by atoms with Crippen LogP contribution < -0.4 is 5.56 Å². The molecule has 0 atom stereocenters. The second-order valence-corrected chi connectivity index (χ2v) is 6.70. The number of hydrogen-bond donors (Lipinski definition) is 1. The SMILES string of the molecule is CCN(CC)CCC1=C(C)C(=Cc2c(-c3cnccn3)[nH]n([O-])c2=O)N=C1C. The van der Waals surface area contributed by atoms with Crippen molar-refractivity contribution < 1.29 is 0 Å². The van der Waals surface area contributed by atoms with Gasteiger partial charge in [0, 0.05) is 24.7 Å². The van der Waals surface area contributed by atoms with E-state index in [0.717, 1.165) is 37.3 Å². The van der Waals surface area contributed by atoms with Crippen LogP contribution in [0.2, 0.25) is 0 Å². The number of H-pyrrole nitrogens is 1. The second kappa shape index (κ2) is 8.35. The molecule has 3 heterocycles. The number of nitrogens with one attached hydrogen (secondary N) is 1. The van der Waals surface area contributed by atoms with E-state index in [4.69, 9.17) is 0 Å². The summed E-state index contributed by atoms with van der Waals surface area (Å²) in [7, 11) is 0. The Labute approximate surface area is 163 Å². The number of nitrogens with zero attached hydrogens (tertiary/aromatic N) is 5. The van der Waals surface area contributed by atoms with Crippen molar-refractivity contribution in [3.8, 4) is 11.4 Å². The van der Waals surface area contributed by atoms with Crippen molar-refractivity contribution in [2.45, 2.75) is 34.1 Å². The Kier molecular flexibility index (Phi) is 5.89. The first-order valence-corrected chi connectivity index (χ1v) is 9.45. The molecule has 1 N–H and O–H groups in total. The average molecular weight is 381 g/mol. The lowest BCUT2D eigenvalue weighted by molar-refractivity contribution is 0.309. The zero-order valence-corrected chi connectivity index (χ0v) is 16.7. The van der Waals surface area contributed by atoms with Crippen LogP contribution >= 0.6 is 0 Å². The average Bonchev–Trinajstić information content (AvgIpc) is 3.14. The van der Waals surface area contributed by atoms with E-state index in [0.29, 0.717) is 17.1 Å². The molecule has 0 saturated heterocycles. The van der Waals surface area contributed by atoms with Gasteiger partial charge >= 0.3 is 0 Å². The summed E-state index contributed by atoms with van der Waals surface area (Å²) in [5.74, 6) is 0. The van der Waals surface area contributed by atoms with E-state index in [1.54, 1.807) is 6.08 Å². The largest absolute Gasteiger partial charge is 0.789 e. The van der Waals surface area contributed by atoms with Crippen molar-refractivity contribution >= 4 is 11.8 Å². The molecule has 3 rings (SSSR count). The summed E-state index contributed by atoms with van der Waals surface area (Å²) >= 11 is 0. The quantitative estimate of drug-likeness (QED) is 0.794. The van der Waals surface area contributed by atoms with Gasteiger partial charge < -0.3 is 10.1 Å². The van der Waals surface area contributed by atoms with E-state index in [9.17, 15) is 10.0 Å². The monoisotopic (exact) mass is 381 g/mol. The molecule has 1 aliphatic heterocycles. The maximum Gasteiger partial charge on any atom is 0.270 e. The number of aromatic amines is 1. The van der Waals surface area contributed by atoms with Crippen molar-refractivity contribution in [1.82, 2.24) is 24.8 Å². The summed E-state index contributed by atoms with van der Waals surface area (Å²) in [4.78, 5) is 27.8. The molecule has 0 saturated carbocycles. The molecule has 0 aromatic carbocycles. The Morgan fingerprint density at radius 3 is 2.64 bits per heavy atom. The standard InChI is InChI=1S/C20H25N6O2/c1-5-25(6-2)10-7-15-13(3)17(23-14(15)4)11-16-19(24-26(28)20(16)27)18-12-21-8-9-22-18/h8-9,11-12,24H,5-7,10H2,1-4H3/q-1. The van der Waals surface area contributed by atoms with Crippen molar-refractivity contribution in [1.29, 1.82) is 0 Å². The zero-order chi connectivity index (χ0) is 20.3. The van der Waals surface area contributed by atoms with E-state index in [1.165, 1.54) is 24.2 Å². The lowest BCUT2D eigenvalue weighted by Crippen LogP contribution is -2.24. The normalized spacial score (nSPS) is 15.8. The highest BCUT2D eigenvalue weighted by Crippen LogP contribution is 2.30. The zero-order valence-electron chi connectivity index (χ0n) is 16.7. The highest BCUT2D eigenvalue weighted by molar-refractivity contribution is 6.04. The molecule has 8 heteroatoms. The predicted molar refractivity (Wildman–Crippen MR) is 111 cm³/mol. The highest BCUT2D eigenvalue weighted by atomic mass is 16.5. The molecule has 0 aliphatic carbocycles. The summed E-state index contributed by atoms with van der Waals surface area (Å²) in [5, 5.41) is 14.4. The molecule has 2 aromatic rings. The molecule has 2 aromatic heterocycles. The third-order valence-electron chi connectivity index (χ3n) is 5.13. The third-order valence-corrected chi connectivity index (χ3v) is 5.13. The van der Waals surface area contributed by atoms with E-state index < -0.39 is 5.56 Å². The minimum absolute atomic E-state index is 0.211. The van der Waals surface area contributed by atoms with E-state index in [1.807, 2.05) is 13.8 Å². The molecule has 0 spiro atoms. The van der Waals surface area contributed by atoms with Crippen LogP contribution in [0, 0.1) is 5.21 Å². The van der Waals surface area contributed by atoms with Gasteiger partial charge in [-0.3, -0.25) is 29.7 Å². The number of aromatic nitrogens is 4. The number of allylic oxidation sites excluding steroid dienone is 1. The summed E-state index contributed by atoms with van der Waals surface area (Å²) in [6.07, 6.45) is 7.12. The van der Waals surface area contributed by atoms with Gasteiger partial charge in [0.25, 0.3) is 5.56 Å². The Balaban J connectivity index is 1.98. The Morgan fingerprint density at radius 1 is 1.25 bits per heavy atom. The van der Waals surface area contributed by atoms with E-state index >= 15 is 0 Å². The van der Waals surface area contributed by atoms with Crippen molar-refractivity contribution in [3.05, 3.63) is 56.6 Å². The number of aliphatic imine (C=N–C) groups is 1. The van der Waals surface area contributed by atoms with Crippen LogP contribution in [-0.2, 0) is 0 Å². The van der Waals surface area contributed by atoms with Crippen molar-refractivity contribution in [3.63, 3.8) is 0 Å². The minimum Gasteiger partial charge on any atom is -0.789 e. The predicted octanol–water partition coefficient (Wildman–Crippen LogP) is 2.84. The molecule has 1 aliphatic rings. The first kappa shape index (κ1) is 19.8. The molecule has 0 bridgehead atoms. The summed E-state index contributed by atoms with van der Waals surface area (Å²) < 4.78 is 0. The molecule has 0 amide bonds. The van der Waals surface area contributed by atoms with Gasteiger partial charge in [0.1, 0.15) is 5.69 Å². The van der Waals surface area contributed by atoms with Gasteiger partial charge in [0.15, 0.2) is 0 Å². The van der Waals surface area contributed by atoms with Crippen LogP contribution in [0.3, 0.4) is 0 Å². The molecule has 28 heavy (non-hydrogen) atoms. The molecular formula is C20H25N6O2-. The van der Waals surface area contributed by atoms with Gasteiger partial charge in [-0.05, 0) is 50.6 Å². The smallest absolute Gasteiger partial charge is 0.270 e. The lowest BCUT2D eigenvalue weighted by Gasteiger charge is -2.18. The lowest BCUT2D eigenvalue weighted by atomic mass is 10.0. The van der Waals surface area contributed by atoms with Crippen LogP contribution in [0.1, 0.15) is 39.7 Å². The van der Waals surface area contributed by atoms with Crippen LogP contribution in [0.25, 0.3) is 17.5 Å². The van der Waals surface area contributed by atoms with Crippen LogP contribution in [0.15, 0.2) is 45.2 Å². The minimum atomic E-state index is -0.662. The molecule has 8 nitrogen and oxygen atoms in total. The van der Waals surface area contributed by atoms with Crippen LogP contribution in [0.5, 0.6) is 0 Å². The van der Waals surface area contributed by atoms with E-state index in [-0.39, 0.29) is 10.4 Å². The molecule has 0 fully saturated rings. The fraction of sp³-hybridized carbons (Fsp3) is 0.400. The van der Waals surface area contributed by atoms with Crippen molar-refractivity contribution in [2.75, 3.05) is 19.6 Å². The van der Waals surface area contributed by atoms with Gasteiger partial charge in [-0.1, -0.05) is 13.8 Å². The fourth-order valence-corrected chi connectivity index (χ4v) is 3.40. The number of hydrogen-bond acceptors (Lipinski definition) is 6. The Hall–Kier alpha value is -3.00. The maximum absolute atomic E-state index is 12.4. The number of rotatable bonds is 7. The van der Waals surface area contributed by atoms with Gasteiger partial charge in [0.2, 0.25) is 0 Å². The first-order valence-electron chi connectivity index (χ1n) is 9.45. The highest BCUT2D eigenvalue weighted by Gasteiger charge is 2.20. The van der Waals surface area contributed by atoms with Crippen molar-refractivity contribution in [2.24, 2.45) is 4.99 Å². The second-order valence-electron chi connectivity index (χ2n) is 6.70. The topological polar surface area (TPSA) is 102 Å². The molecule has 148 valence electrons. The Morgan fingerprint density at radius 2 is 2.00 bits per heavy atom. The molecule has 0 unspecified atom stereocenters. The molecular weight excluding hydrogens is 356 g/mol. The summed E-state index contributed by atoms with van der Waals surface area (Å²) in [6, 6.07) is 0. The maximum atomic E-state index is 12.4. The molecule has 0 radical (unpaired) electrons. The summed E-state index contributed by atoms with van der Waals surface area (Å²) in [6.45, 7) is 11.3. The van der Waals surface area contributed by atoms with Gasteiger partial charge in [-0.2, -0.15) is 0 Å². The van der Waals surface area contributed by atoms with Gasteiger partial charge in [-0.25, -0.2) is 0 Å². The third kappa shape index (κ3) is 3.82. The van der Waals surface area contributed by atoms with Crippen LogP contribution in [-0.4, -0.2) is 50.2 Å². The van der Waals surface area contributed by atoms with Gasteiger partial charge in [0.05, 0.1) is 23.2 Å². The van der Waals surface area contributed by atoms with Gasteiger partial charge in [-0.15, -0.1) is 0 Å². The van der Waals surface area contributed by atoms with Crippen LogP contribution in [0.4, 0.5) is 0 Å². The summed E-state index contributed by atoms with van der Waals surface area (Å²) in [5.41, 5.74) is 4.24. The first-order chi connectivity index (χ1) is 13.5. The fourth-order valence-electron chi connectivity index (χ4n) is 3.40. The Bertz CT molecular complexity index is 993.